The van der Waals surface area contributed by atoms with Crippen molar-refractivity contribution in [3.05, 3.63) is 40.9 Å². The van der Waals surface area contributed by atoms with Gasteiger partial charge >= 0.3 is 0 Å². The van der Waals surface area contributed by atoms with Crippen LogP contribution in [-0.4, -0.2) is 43.5 Å². The van der Waals surface area contributed by atoms with Gasteiger partial charge in [0.05, 0.1) is 17.8 Å². The fraction of sp³-hybridized carbons (Fsp3) is 0.438. The zero-order chi connectivity index (χ0) is 15.8. The number of amides is 1. The zero-order valence-corrected chi connectivity index (χ0v) is 13.8. The highest BCUT2D eigenvalue weighted by Gasteiger charge is 2.26. The molecule has 0 spiro atoms. The molecule has 1 fully saturated rings. The Hall–Kier alpha value is -2.15. The molecule has 0 radical (unpaired) electrons. The Morgan fingerprint density at radius 3 is 3.22 bits per heavy atom. The van der Waals surface area contributed by atoms with E-state index in [-0.39, 0.29) is 5.91 Å². The van der Waals surface area contributed by atoms with Crippen LogP contribution in [0, 0.1) is 6.92 Å². The number of aryl methyl sites for hydroxylation is 1. The highest BCUT2D eigenvalue weighted by Crippen LogP contribution is 2.26. The molecule has 3 aromatic heterocycles. The van der Waals surface area contributed by atoms with Gasteiger partial charge in [-0.25, -0.2) is 4.98 Å². The van der Waals surface area contributed by atoms with E-state index >= 15 is 0 Å². The third kappa shape index (κ3) is 2.88. The van der Waals surface area contributed by atoms with Crippen molar-refractivity contribution in [1.82, 2.24) is 24.5 Å². The van der Waals surface area contributed by atoms with E-state index in [0.717, 1.165) is 48.0 Å². The first-order chi connectivity index (χ1) is 11.2. The predicted octanol–water partition coefficient (Wildman–Crippen LogP) is 2.38. The van der Waals surface area contributed by atoms with Gasteiger partial charge in [-0.05, 0) is 25.8 Å². The number of aromatic amines is 1. The smallest absolute Gasteiger partial charge is 0.228 e. The average molecular weight is 329 g/mol. The van der Waals surface area contributed by atoms with Crippen molar-refractivity contribution in [1.29, 1.82) is 0 Å². The zero-order valence-electron chi connectivity index (χ0n) is 13.0. The van der Waals surface area contributed by atoms with Gasteiger partial charge in [0.2, 0.25) is 5.91 Å². The van der Waals surface area contributed by atoms with Crippen LogP contribution < -0.4 is 0 Å². The lowest BCUT2D eigenvalue weighted by atomic mass is 9.94. The van der Waals surface area contributed by atoms with Crippen LogP contribution in [-0.2, 0) is 11.2 Å². The van der Waals surface area contributed by atoms with Gasteiger partial charge < -0.3 is 4.90 Å². The van der Waals surface area contributed by atoms with Crippen LogP contribution in [0.25, 0.3) is 4.96 Å². The Balaban J connectivity index is 1.44. The van der Waals surface area contributed by atoms with Gasteiger partial charge in [0, 0.05) is 42.5 Å². The Labute approximate surface area is 138 Å². The molecule has 6 nitrogen and oxygen atoms in total. The third-order valence-electron chi connectivity index (χ3n) is 4.39. The maximum Gasteiger partial charge on any atom is 0.228 e. The van der Waals surface area contributed by atoms with Crippen molar-refractivity contribution in [2.45, 2.75) is 32.1 Å². The molecule has 23 heavy (non-hydrogen) atoms. The summed E-state index contributed by atoms with van der Waals surface area (Å²) < 4.78 is 1.97. The number of likely N-dealkylation sites (tertiary alicyclic amines) is 1. The van der Waals surface area contributed by atoms with E-state index in [1.165, 1.54) is 0 Å². The molecule has 0 aliphatic carbocycles. The number of rotatable bonds is 3. The molecular weight excluding hydrogens is 310 g/mol. The molecule has 4 rings (SSSR count). The van der Waals surface area contributed by atoms with Crippen LogP contribution in [0.2, 0.25) is 0 Å². The van der Waals surface area contributed by atoms with E-state index in [4.69, 9.17) is 0 Å². The average Bonchev–Trinajstić information content (AvgIpc) is 3.23. The van der Waals surface area contributed by atoms with E-state index in [2.05, 4.69) is 21.2 Å². The number of hydrogen-bond acceptors (Lipinski definition) is 4. The molecule has 4 heterocycles. The Bertz CT molecular complexity index is 804. The second kappa shape index (κ2) is 5.81. The minimum absolute atomic E-state index is 0.160. The first-order valence-electron chi connectivity index (χ1n) is 7.90. The van der Waals surface area contributed by atoms with Crippen LogP contribution in [0.4, 0.5) is 0 Å². The molecule has 0 saturated carbocycles. The molecule has 1 N–H and O–H groups in total. The molecule has 7 heteroatoms. The van der Waals surface area contributed by atoms with Crippen molar-refractivity contribution < 1.29 is 4.79 Å². The third-order valence-corrected chi connectivity index (χ3v) is 5.16. The SMILES string of the molecule is Cc1cc([C@H]2CCCN(C(=O)Cc3cn4ccsc4n3)C2)n[nH]1. The van der Waals surface area contributed by atoms with E-state index in [0.29, 0.717) is 12.3 Å². The number of nitrogens with zero attached hydrogens (tertiary/aromatic N) is 4. The highest BCUT2D eigenvalue weighted by atomic mass is 32.1. The number of carbonyl (C=O) groups excluding carboxylic acids is 1. The molecule has 3 aromatic rings. The standard InChI is InChI=1S/C16H19N5OS/c1-11-7-14(19-18-11)12-3-2-4-20(9-12)15(22)8-13-10-21-5-6-23-16(21)17-13/h5-7,10,12H,2-4,8-9H2,1H3,(H,18,19)/t12-/m0/s1. The molecule has 0 aromatic carbocycles. The molecule has 1 saturated heterocycles. The number of hydrogen-bond donors (Lipinski definition) is 1. The number of nitrogens with one attached hydrogen (secondary N) is 1. The second-order valence-corrected chi connectivity index (χ2v) is 7.03. The van der Waals surface area contributed by atoms with Crippen molar-refractivity contribution in [3.8, 4) is 0 Å². The molecule has 120 valence electrons. The summed E-state index contributed by atoms with van der Waals surface area (Å²) in [5, 5.41) is 9.35. The van der Waals surface area contributed by atoms with Crippen LogP contribution in [0.1, 0.15) is 35.8 Å². The maximum atomic E-state index is 12.6. The number of H-pyrrole nitrogens is 1. The summed E-state index contributed by atoms with van der Waals surface area (Å²) in [6, 6.07) is 2.09. The summed E-state index contributed by atoms with van der Waals surface area (Å²) in [7, 11) is 0. The summed E-state index contributed by atoms with van der Waals surface area (Å²) >= 11 is 1.59. The maximum absolute atomic E-state index is 12.6. The van der Waals surface area contributed by atoms with E-state index in [1.54, 1.807) is 11.3 Å². The molecular formula is C16H19N5OS. The number of piperidine rings is 1. The minimum Gasteiger partial charge on any atom is -0.342 e. The van der Waals surface area contributed by atoms with Gasteiger partial charge in [-0.15, -0.1) is 11.3 Å². The topological polar surface area (TPSA) is 66.3 Å². The van der Waals surface area contributed by atoms with Crippen molar-refractivity contribution in [2.75, 3.05) is 13.1 Å². The van der Waals surface area contributed by atoms with Crippen LogP contribution >= 0.6 is 11.3 Å². The van der Waals surface area contributed by atoms with E-state index in [1.807, 2.05) is 34.0 Å². The predicted molar refractivity (Wildman–Crippen MR) is 88.7 cm³/mol. The van der Waals surface area contributed by atoms with Gasteiger partial charge in [0.25, 0.3) is 0 Å². The number of carbonyl (C=O) groups is 1. The number of imidazole rings is 1. The number of thiazole rings is 1. The van der Waals surface area contributed by atoms with Gasteiger partial charge in [-0.1, -0.05) is 0 Å². The summed E-state index contributed by atoms with van der Waals surface area (Å²) in [6.45, 7) is 3.60. The van der Waals surface area contributed by atoms with Crippen LogP contribution in [0.5, 0.6) is 0 Å². The molecule has 1 amide bonds. The fourth-order valence-electron chi connectivity index (χ4n) is 3.22. The molecule has 1 aliphatic heterocycles. The lowest BCUT2D eigenvalue weighted by Gasteiger charge is -2.32. The lowest BCUT2D eigenvalue weighted by Crippen LogP contribution is -2.40. The summed E-state index contributed by atoms with van der Waals surface area (Å²) in [5.41, 5.74) is 2.99. The monoisotopic (exact) mass is 329 g/mol. The fourth-order valence-corrected chi connectivity index (χ4v) is 3.94. The first-order valence-corrected chi connectivity index (χ1v) is 8.78. The minimum atomic E-state index is 0.160. The Morgan fingerprint density at radius 1 is 1.52 bits per heavy atom. The Morgan fingerprint density at radius 2 is 2.43 bits per heavy atom. The lowest BCUT2D eigenvalue weighted by molar-refractivity contribution is -0.131. The highest BCUT2D eigenvalue weighted by molar-refractivity contribution is 7.15. The van der Waals surface area contributed by atoms with E-state index < -0.39 is 0 Å². The van der Waals surface area contributed by atoms with Gasteiger partial charge in [0.15, 0.2) is 4.96 Å². The van der Waals surface area contributed by atoms with Gasteiger partial charge in [-0.2, -0.15) is 5.10 Å². The van der Waals surface area contributed by atoms with Crippen LogP contribution in [0.3, 0.4) is 0 Å². The van der Waals surface area contributed by atoms with Gasteiger partial charge in [-0.3, -0.25) is 14.3 Å². The normalized spacial score (nSPS) is 18.7. The van der Waals surface area contributed by atoms with Crippen molar-refractivity contribution >= 4 is 22.2 Å². The number of fused-ring (bicyclic) bond motifs is 1. The van der Waals surface area contributed by atoms with E-state index in [9.17, 15) is 4.79 Å². The second-order valence-electron chi connectivity index (χ2n) is 6.16. The number of aromatic nitrogens is 4. The first kappa shape index (κ1) is 14.4. The summed E-state index contributed by atoms with van der Waals surface area (Å²) in [5.74, 6) is 0.496. The Kier molecular flexibility index (Phi) is 3.65. The molecule has 1 aliphatic rings. The largest absolute Gasteiger partial charge is 0.342 e. The van der Waals surface area contributed by atoms with Crippen molar-refractivity contribution in [3.63, 3.8) is 0 Å². The van der Waals surface area contributed by atoms with Crippen molar-refractivity contribution in [2.24, 2.45) is 0 Å². The summed E-state index contributed by atoms with van der Waals surface area (Å²) in [6.07, 6.45) is 6.41. The molecule has 0 bridgehead atoms. The molecule has 0 unspecified atom stereocenters. The van der Waals surface area contributed by atoms with Gasteiger partial charge in [0.1, 0.15) is 0 Å². The van der Waals surface area contributed by atoms with Crippen LogP contribution in [0.15, 0.2) is 23.8 Å². The quantitative estimate of drug-likeness (QED) is 0.802. The molecule has 1 atom stereocenters. The summed E-state index contributed by atoms with van der Waals surface area (Å²) in [4.78, 5) is 20.0.